The highest BCUT2D eigenvalue weighted by Crippen LogP contribution is 2.08. The molecule has 0 N–H and O–H groups in total. The predicted octanol–water partition coefficient (Wildman–Crippen LogP) is 2.75. The van der Waals surface area contributed by atoms with E-state index in [1.807, 2.05) is 13.8 Å². The third-order valence-electron chi connectivity index (χ3n) is 1.46. The summed E-state index contributed by atoms with van der Waals surface area (Å²) in [5.74, 6) is 0. The normalized spacial score (nSPS) is 11.6. The van der Waals surface area contributed by atoms with E-state index in [4.69, 9.17) is 0 Å². The highest BCUT2D eigenvalue weighted by molar-refractivity contribution is 4.90. The molecule has 0 aromatic heterocycles. The SMILES string of the molecule is CCC=C(CCCC)[N+](=O)[O-]. The average molecular weight is 157 g/mol. The molecule has 0 radical (unpaired) electrons. The second kappa shape index (κ2) is 5.89. The molecule has 0 aliphatic rings. The van der Waals surface area contributed by atoms with E-state index in [9.17, 15) is 10.1 Å². The first-order valence-corrected chi connectivity index (χ1v) is 4.05. The summed E-state index contributed by atoms with van der Waals surface area (Å²) in [4.78, 5) is 10.1. The number of rotatable bonds is 5. The quantitative estimate of drug-likeness (QED) is 0.455. The Bertz CT molecular complexity index is 152. The lowest BCUT2D eigenvalue weighted by Crippen LogP contribution is -1.98. The Morgan fingerprint density at radius 1 is 1.55 bits per heavy atom. The number of nitro groups is 1. The Kier molecular flexibility index (Phi) is 5.43. The van der Waals surface area contributed by atoms with Crippen LogP contribution in [0.25, 0.3) is 0 Å². The van der Waals surface area contributed by atoms with Gasteiger partial charge in [-0.2, -0.15) is 0 Å². The zero-order valence-corrected chi connectivity index (χ0v) is 7.17. The molecule has 3 nitrogen and oxygen atoms in total. The van der Waals surface area contributed by atoms with Crippen LogP contribution in [0, 0.1) is 10.1 Å². The lowest BCUT2D eigenvalue weighted by Gasteiger charge is -1.95. The third kappa shape index (κ3) is 4.53. The fourth-order valence-corrected chi connectivity index (χ4v) is 0.861. The van der Waals surface area contributed by atoms with Crippen molar-refractivity contribution in [3.8, 4) is 0 Å². The molecule has 3 heteroatoms. The van der Waals surface area contributed by atoms with Crippen molar-refractivity contribution in [2.45, 2.75) is 39.5 Å². The van der Waals surface area contributed by atoms with E-state index in [1.54, 1.807) is 6.08 Å². The summed E-state index contributed by atoms with van der Waals surface area (Å²) in [6.07, 6.45) is 4.97. The number of nitrogens with zero attached hydrogens (tertiary/aromatic N) is 1. The summed E-state index contributed by atoms with van der Waals surface area (Å²) in [5.41, 5.74) is 0.370. The summed E-state index contributed by atoms with van der Waals surface area (Å²) in [7, 11) is 0. The Labute approximate surface area is 67.3 Å². The average Bonchev–Trinajstić information content (AvgIpc) is 1.97. The van der Waals surface area contributed by atoms with Crippen LogP contribution in [-0.4, -0.2) is 4.92 Å². The Morgan fingerprint density at radius 3 is 2.55 bits per heavy atom. The van der Waals surface area contributed by atoms with Gasteiger partial charge in [0.15, 0.2) is 0 Å². The Balaban J connectivity index is 3.90. The van der Waals surface area contributed by atoms with Crippen molar-refractivity contribution in [2.75, 3.05) is 0 Å². The fourth-order valence-electron chi connectivity index (χ4n) is 0.861. The van der Waals surface area contributed by atoms with Gasteiger partial charge in [0, 0.05) is 6.42 Å². The summed E-state index contributed by atoms with van der Waals surface area (Å²) < 4.78 is 0. The molecule has 0 saturated heterocycles. The highest BCUT2D eigenvalue weighted by atomic mass is 16.6. The van der Waals surface area contributed by atoms with E-state index < -0.39 is 0 Å². The molecule has 0 atom stereocenters. The molecule has 11 heavy (non-hydrogen) atoms. The molecular formula is C8H15NO2. The first kappa shape index (κ1) is 10.1. The molecule has 0 aliphatic heterocycles. The second-order valence-electron chi connectivity index (χ2n) is 2.46. The smallest absolute Gasteiger partial charge is 0.242 e. The Hall–Kier alpha value is -0.860. The van der Waals surface area contributed by atoms with Crippen molar-refractivity contribution in [1.82, 2.24) is 0 Å². The van der Waals surface area contributed by atoms with Crippen LogP contribution in [0.4, 0.5) is 0 Å². The molecule has 0 bridgehead atoms. The van der Waals surface area contributed by atoms with E-state index in [2.05, 4.69) is 0 Å². The maximum absolute atomic E-state index is 10.3. The molecule has 0 aromatic rings. The van der Waals surface area contributed by atoms with Crippen molar-refractivity contribution in [3.05, 3.63) is 21.9 Å². The lowest BCUT2D eigenvalue weighted by molar-refractivity contribution is -0.428. The van der Waals surface area contributed by atoms with Gasteiger partial charge in [0.2, 0.25) is 5.70 Å². The number of hydrogen-bond donors (Lipinski definition) is 0. The third-order valence-corrected chi connectivity index (χ3v) is 1.46. The van der Waals surface area contributed by atoms with Crippen molar-refractivity contribution < 1.29 is 4.92 Å². The van der Waals surface area contributed by atoms with E-state index in [-0.39, 0.29) is 4.92 Å². The second-order valence-corrected chi connectivity index (χ2v) is 2.46. The number of allylic oxidation sites excluding steroid dienone is 2. The molecule has 0 fully saturated rings. The van der Waals surface area contributed by atoms with Crippen LogP contribution < -0.4 is 0 Å². The van der Waals surface area contributed by atoms with E-state index in [0.717, 1.165) is 19.3 Å². The van der Waals surface area contributed by atoms with E-state index in [1.165, 1.54) is 0 Å². The molecule has 64 valence electrons. The molecule has 0 unspecified atom stereocenters. The van der Waals surface area contributed by atoms with Gasteiger partial charge in [-0.15, -0.1) is 0 Å². The van der Waals surface area contributed by atoms with Crippen LogP contribution in [-0.2, 0) is 0 Å². The fraction of sp³-hybridized carbons (Fsp3) is 0.750. The number of unbranched alkanes of at least 4 members (excludes halogenated alkanes) is 1. The number of hydrogen-bond acceptors (Lipinski definition) is 2. The molecular weight excluding hydrogens is 142 g/mol. The van der Waals surface area contributed by atoms with E-state index >= 15 is 0 Å². The Morgan fingerprint density at radius 2 is 2.18 bits per heavy atom. The molecule has 0 aromatic carbocycles. The molecule has 0 heterocycles. The van der Waals surface area contributed by atoms with Crippen LogP contribution in [0.5, 0.6) is 0 Å². The molecule has 0 rings (SSSR count). The first-order chi connectivity index (χ1) is 5.22. The van der Waals surface area contributed by atoms with Gasteiger partial charge in [0.1, 0.15) is 0 Å². The van der Waals surface area contributed by atoms with Crippen LogP contribution in [0.2, 0.25) is 0 Å². The van der Waals surface area contributed by atoms with Crippen LogP contribution in [0.3, 0.4) is 0 Å². The van der Waals surface area contributed by atoms with Crippen molar-refractivity contribution >= 4 is 0 Å². The molecule has 0 spiro atoms. The summed E-state index contributed by atoms with van der Waals surface area (Å²) in [6, 6.07) is 0. The molecule has 0 aliphatic carbocycles. The minimum Gasteiger partial charge on any atom is -0.259 e. The minimum atomic E-state index is -0.279. The standard InChI is InChI=1S/C8H15NO2/c1-3-5-7-8(6-4-2)9(10)11/h6H,3-5,7H2,1-2H3. The maximum atomic E-state index is 10.3. The van der Waals surface area contributed by atoms with E-state index in [0.29, 0.717) is 12.1 Å². The van der Waals surface area contributed by atoms with Gasteiger partial charge in [-0.1, -0.05) is 20.3 Å². The largest absolute Gasteiger partial charge is 0.259 e. The van der Waals surface area contributed by atoms with Crippen molar-refractivity contribution in [2.24, 2.45) is 0 Å². The van der Waals surface area contributed by atoms with Crippen LogP contribution >= 0.6 is 0 Å². The minimum absolute atomic E-state index is 0.279. The van der Waals surface area contributed by atoms with Gasteiger partial charge in [-0.25, -0.2) is 0 Å². The van der Waals surface area contributed by atoms with Gasteiger partial charge in [0.25, 0.3) is 0 Å². The van der Waals surface area contributed by atoms with Gasteiger partial charge in [0.05, 0.1) is 4.92 Å². The summed E-state index contributed by atoms with van der Waals surface area (Å²) >= 11 is 0. The van der Waals surface area contributed by atoms with Crippen LogP contribution in [0.1, 0.15) is 39.5 Å². The van der Waals surface area contributed by atoms with Gasteiger partial charge in [-0.05, 0) is 18.9 Å². The first-order valence-electron chi connectivity index (χ1n) is 4.05. The summed E-state index contributed by atoms with van der Waals surface area (Å²) in [6.45, 7) is 3.94. The monoisotopic (exact) mass is 157 g/mol. The van der Waals surface area contributed by atoms with Gasteiger partial charge < -0.3 is 0 Å². The molecule has 0 amide bonds. The highest BCUT2D eigenvalue weighted by Gasteiger charge is 2.07. The molecule has 0 saturated carbocycles. The maximum Gasteiger partial charge on any atom is 0.242 e. The predicted molar refractivity (Wildman–Crippen MR) is 44.9 cm³/mol. The summed E-state index contributed by atoms with van der Waals surface area (Å²) in [5, 5.41) is 10.3. The van der Waals surface area contributed by atoms with Crippen molar-refractivity contribution in [1.29, 1.82) is 0 Å². The van der Waals surface area contributed by atoms with Crippen LogP contribution in [0.15, 0.2) is 11.8 Å². The topological polar surface area (TPSA) is 43.1 Å². The van der Waals surface area contributed by atoms with Gasteiger partial charge in [-0.3, -0.25) is 10.1 Å². The van der Waals surface area contributed by atoms with Crippen molar-refractivity contribution in [3.63, 3.8) is 0 Å². The zero-order chi connectivity index (χ0) is 8.69. The lowest BCUT2D eigenvalue weighted by atomic mass is 10.2. The zero-order valence-electron chi connectivity index (χ0n) is 7.17. The van der Waals surface area contributed by atoms with Gasteiger partial charge >= 0.3 is 0 Å².